The second kappa shape index (κ2) is 5.32. The zero-order valence-corrected chi connectivity index (χ0v) is 12.5. The molecule has 1 N–H and O–H groups in total. The molecule has 0 spiro atoms. The van der Waals surface area contributed by atoms with Crippen molar-refractivity contribution >= 4 is 0 Å². The molecule has 2 fully saturated rings. The smallest absolute Gasteiger partial charge is 0.198 e. The summed E-state index contributed by atoms with van der Waals surface area (Å²) in [6.07, 6.45) is -1.57. The average Bonchev–Trinajstić information content (AvgIpc) is 2.87. The zero-order valence-electron chi connectivity index (χ0n) is 12.5. The lowest BCUT2D eigenvalue weighted by atomic mass is 10.0. The largest absolute Gasteiger partial charge is 0.387 e. The monoisotopic (exact) mass is 296 g/mol. The normalized spacial score (nSPS) is 39.0. The summed E-state index contributed by atoms with van der Waals surface area (Å²) < 4.78 is 31.3. The minimum atomic E-state index is -1.23. The van der Waals surface area contributed by atoms with Crippen molar-refractivity contribution in [3.63, 3.8) is 0 Å². The molecule has 1 aromatic rings. The minimum Gasteiger partial charge on any atom is -0.387 e. The van der Waals surface area contributed by atoms with E-state index < -0.39 is 30.1 Å². The van der Waals surface area contributed by atoms with Crippen molar-refractivity contribution in [1.29, 1.82) is 0 Å². The van der Waals surface area contributed by atoms with E-state index in [1.54, 1.807) is 25.1 Å². The van der Waals surface area contributed by atoms with Crippen LogP contribution in [0, 0.1) is 11.7 Å². The van der Waals surface area contributed by atoms with Crippen molar-refractivity contribution < 1.29 is 23.7 Å². The third kappa shape index (κ3) is 2.59. The predicted octanol–water partition coefficient (Wildman–Crippen LogP) is 2.55. The van der Waals surface area contributed by atoms with Crippen LogP contribution >= 0.6 is 0 Å². The quantitative estimate of drug-likeness (QED) is 0.931. The summed E-state index contributed by atoms with van der Waals surface area (Å²) in [6, 6.07) is 6.32. The van der Waals surface area contributed by atoms with Crippen LogP contribution in [-0.4, -0.2) is 29.7 Å². The van der Waals surface area contributed by atoms with Crippen LogP contribution in [0.2, 0.25) is 0 Å². The van der Waals surface area contributed by atoms with Crippen LogP contribution in [0.15, 0.2) is 24.3 Å². The van der Waals surface area contributed by atoms with E-state index in [1.165, 1.54) is 6.07 Å². The maximum absolute atomic E-state index is 13.9. The zero-order chi connectivity index (χ0) is 15.2. The highest BCUT2D eigenvalue weighted by atomic mass is 19.1. The molecule has 1 aromatic carbocycles. The molecular weight excluding hydrogens is 275 g/mol. The van der Waals surface area contributed by atoms with Gasteiger partial charge in [-0.3, -0.25) is 0 Å². The number of hydrogen-bond donors (Lipinski definition) is 1. The summed E-state index contributed by atoms with van der Waals surface area (Å²) in [5.74, 6) is -1.22. The van der Waals surface area contributed by atoms with Crippen LogP contribution in [0.5, 0.6) is 0 Å². The first-order valence-corrected chi connectivity index (χ1v) is 7.35. The molecule has 0 bridgehead atoms. The molecule has 2 saturated heterocycles. The number of rotatable bonds is 3. The Morgan fingerprint density at radius 2 is 2.00 bits per heavy atom. The van der Waals surface area contributed by atoms with Crippen molar-refractivity contribution in [3.05, 3.63) is 35.6 Å². The Morgan fingerprint density at radius 1 is 1.29 bits per heavy atom. The van der Waals surface area contributed by atoms with Gasteiger partial charge in [-0.2, -0.15) is 0 Å². The van der Waals surface area contributed by atoms with E-state index in [1.807, 2.05) is 0 Å². The van der Waals surface area contributed by atoms with Crippen LogP contribution in [0.4, 0.5) is 4.39 Å². The molecule has 0 aliphatic carbocycles. The summed E-state index contributed by atoms with van der Waals surface area (Å²) in [5.41, 5.74) is 0.315. The van der Waals surface area contributed by atoms with Gasteiger partial charge in [-0.25, -0.2) is 4.39 Å². The summed E-state index contributed by atoms with van der Waals surface area (Å²) >= 11 is 0. The topological polar surface area (TPSA) is 47.9 Å². The molecule has 4 nitrogen and oxygen atoms in total. The first-order chi connectivity index (χ1) is 9.90. The first kappa shape index (κ1) is 14.9. The Labute approximate surface area is 123 Å². The number of aliphatic hydroxyl groups is 1. The summed E-state index contributed by atoms with van der Waals surface area (Å²) in [5, 5.41) is 10.3. The van der Waals surface area contributed by atoms with Crippen molar-refractivity contribution in [2.24, 2.45) is 5.92 Å². The van der Waals surface area contributed by atoms with Crippen molar-refractivity contribution in [2.75, 3.05) is 0 Å². The van der Waals surface area contributed by atoms with Crippen molar-refractivity contribution in [2.45, 2.75) is 57.6 Å². The summed E-state index contributed by atoms with van der Waals surface area (Å²) in [7, 11) is 0. The van der Waals surface area contributed by atoms with E-state index in [0.29, 0.717) is 11.5 Å². The Morgan fingerprint density at radius 3 is 2.62 bits per heavy atom. The molecule has 0 aromatic heterocycles. The van der Waals surface area contributed by atoms with Crippen LogP contribution < -0.4 is 0 Å². The molecule has 3 rings (SSSR count). The first-order valence-electron chi connectivity index (χ1n) is 7.35. The lowest BCUT2D eigenvalue weighted by Gasteiger charge is -2.27. The van der Waals surface area contributed by atoms with Crippen LogP contribution in [-0.2, 0) is 20.0 Å². The minimum absolute atomic E-state index is 0.301. The van der Waals surface area contributed by atoms with Crippen LogP contribution in [0.25, 0.3) is 0 Å². The number of ether oxygens (including phenoxy) is 3. The van der Waals surface area contributed by atoms with Crippen molar-refractivity contribution in [1.82, 2.24) is 0 Å². The molecule has 0 saturated carbocycles. The highest BCUT2D eigenvalue weighted by Crippen LogP contribution is 2.44. The van der Waals surface area contributed by atoms with Gasteiger partial charge in [0.2, 0.25) is 0 Å². The fraction of sp³-hybridized carbons (Fsp3) is 0.625. The summed E-state index contributed by atoms with van der Waals surface area (Å²) in [4.78, 5) is 0. The maximum atomic E-state index is 13.9. The Bertz CT molecular complexity index is 521. The third-order valence-electron chi connectivity index (χ3n) is 4.06. The van der Waals surface area contributed by atoms with Gasteiger partial charge in [0.1, 0.15) is 18.0 Å². The van der Waals surface area contributed by atoms with E-state index >= 15 is 0 Å². The molecule has 2 aliphatic rings. The lowest BCUT2D eigenvalue weighted by molar-refractivity contribution is -0.233. The van der Waals surface area contributed by atoms with E-state index in [4.69, 9.17) is 14.2 Å². The van der Waals surface area contributed by atoms with Gasteiger partial charge in [-0.15, -0.1) is 0 Å². The lowest BCUT2D eigenvalue weighted by Crippen LogP contribution is -2.35. The van der Waals surface area contributed by atoms with E-state index in [0.717, 1.165) is 6.42 Å². The van der Waals surface area contributed by atoms with Gasteiger partial charge in [0, 0.05) is 5.56 Å². The van der Waals surface area contributed by atoms with Gasteiger partial charge < -0.3 is 19.3 Å². The Hall–Kier alpha value is -1.01. The fourth-order valence-electron chi connectivity index (χ4n) is 3.05. The molecule has 5 heteroatoms. The number of benzene rings is 1. The fourth-order valence-corrected chi connectivity index (χ4v) is 3.05. The van der Waals surface area contributed by atoms with Gasteiger partial charge in [-0.05, 0) is 25.3 Å². The highest BCUT2D eigenvalue weighted by molar-refractivity contribution is 5.23. The second-order valence-electron chi connectivity index (χ2n) is 6.29. The molecule has 1 unspecified atom stereocenters. The molecule has 0 radical (unpaired) electrons. The standard InChI is InChI=1S/C16H21FO4/c1-9(2)8-12-13(18)14-15(19-12)21-16(3,20-14)10-6-4-5-7-11(10)17/h4-7,9,12-15,18H,8H2,1-3H3/t12-,13+,14-,15-,16?/m1/s1. The van der Waals surface area contributed by atoms with E-state index in [-0.39, 0.29) is 6.10 Å². The number of hydrogen-bond acceptors (Lipinski definition) is 4. The molecule has 2 aliphatic heterocycles. The van der Waals surface area contributed by atoms with Gasteiger partial charge in [0.25, 0.3) is 0 Å². The molecule has 21 heavy (non-hydrogen) atoms. The number of fused-ring (bicyclic) bond motifs is 1. The van der Waals surface area contributed by atoms with E-state index in [9.17, 15) is 9.50 Å². The van der Waals surface area contributed by atoms with Gasteiger partial charge in [0.05, 0.1) is 6.10 Å². The molecule has 2 heterocycles. The summed E-state index contributed by atoms with van der Waals surface area (Å²) in [6.45, 7) is 5.78. The number of halogens is 1. The maximum Gasteiger partial charge on any atom is 0.198 e. The highest BCUT2D eigenvalue weighted by Gasteiger charge is 2.56. The SMILES string of the molecule is CC(C)C[C@H]1O[C@@H]2OC(C)(c3ccccc3F)O[C@@H]2[C@H]1O. The van der Waals surface area contributed by atoms with Gasteiger partial charge in [-0.1, -0.05) is 32.0 Å². The average molecular weight is 296 g/mol. The molecule has 0 amide bonds. The van der Waals surface area contributed by atoms with Gasteiger partial charge in [0.15, 0.2) is 12.1 Å². The van der Waals surface area contributed by atoms with Crippen LogP contribution in [0.3, 0.4) is 0 Å². The number of aliphatic hydroxyl groups excluding tert-OH is 1. The predicted molar refractivity (Wildman–Crippen MR) is 73.8 cm³/mol. The molecule has 5 atom stereocenters. The third-order valence-corrected chi connectivity index (χ3v) is 4.06. The molecule has 116 valence electrons. The van der Waals surface area contributed by atoms with Gasteiger partial charge >= 0.3 is 0 Å². The second-order valence-corrected chi connectivity index (χ2v) is 6.29. The molecular formula is C16H21FO4. The van der Waals surface area contributed by atoms with Crippen molar-refractivity contribution in [3.8, 4) is 0 Å². The van der Waals surface area contributed by atoms with E-state index in [2.05, 4.69) is 13.8 Å². The van der Waals surface area contributed by atoms with Crippen LogP contribution in [0.1, 0.15) is 32.8 Å². The Kier molecular flexibility index (Phi) is 3.78. The Balaban J connectivity index is 1.78.